The van der Waals surface area contributed by atoms with Gasteiger partial charge >= 0.3 is 0 Å². The van der Waals surface area contributed by atoms with Crippen LogP contribution < -0.4 is 11.1 Å². The van der Waals surface area contributed by atoms with E-state index in [0.29, 0.717) is 23.9 Å². The Kier molecular flexibility index (Phi) is 2.91. The first-order chi connectivity index (χ1) is 9.06. The lowest BCUT2D eigenvalue weighted by Gasteiger charge is -2.23. The Morgan fingerprint density at radius 1 is 1.58 bits per heavy atom. The van der Waals surface area contributed by atoms with Crippen LogP contribution in [0.25, 0.3) is 10.2 Å². The number of nitrogens with zero attached hydrogens (tertiary/aromatic N) is 1. The maximum absolute atomic E-state index is 12.2. The normalized spacial score (nSPS) is 22.8. The molecule has 1 fully saturated rings. The van der Waals surface area contributed by atoms with E-state index < -0.39 is 0 Å². The molecule has 1 saturated heterocycles. The third-order valence-electron chi connectivity index (χ3n) is 3.30. The first-order valence-corrected chi connectivity index (χ1v) is 6.94. The molecule has 19 heavy (non-hydrogen) atoms. The molecule has 5 nitrogen and oxygen atoms in total. The molecule has 1 unspecified atom stereocenters. The monoisotopic (exact) mass is 277 g/mol. The van der Waals surface area contributed by atoms with Gasteiger partial charge in [-0.25, -0.2) is 4.98 Å². The maximum Gasteiger partial charge on any atom is 0.251 e. The summed E-state index contributed by atoms with van der Waals surface area (Å²) in [5.74, 6) is -0.0816. The smallest absolute Gasteiger partial charge is 0.251 e. The Bertz CT molecular complexity index is 632. The molecule has 0 bridgehead atoms. The highest BCUT2D eigenvalue weighted by atomic mass is 32.1. The van der Waals surface area contributed by atoms with Crippen molar-refractivity contribution in [1.82, 2.24) is 10.3 Å². The lowest BCUT2D eigenvalue weighted by Crippen LogP contribution is -2.46. The van der Waals surface area contributed by atoms with Gasteiger partial charge in [0.15, 0.2) is 5.13 Å². The van der Waals surface area contributed by atoms with E-state index in [-0.39, 0.29) is 11.4 Å². The number of hydrogen-bond acceptors (Lipinski definition) is 5. The van der Waals surface area contributed by atoms with Crippen molar-refractivity contribution in [2.24, 2.45) is 0 Å². The second-order valence-electron chi connectivity index (χ2n) is 5.05. The molecule has 1 aromatic carbocycles. The predicted octanol–water partition coefficient (Wildman–Crippen LogP) is 1.79. The van der Waals surface area contributed by atoms with E-state index >= 15 is 0 Å². The van der Waals surface area contributed by atoms with E-state index in [0.717, 1.165) is 16.6 Å². The lowest BCUT2D eigenvalue weighted by molar-refractivity contribution is 0.0890. The Morgan fingerprint density at radius 3 is 3.16 bits per heavy atom. The number of ether oxygens (including phenoxy) is 1. The Morgan fingerprint density at radius 2 is 2.42 bits per heavy atom. The molecule has 3 rings (SSSR count). The van der Waals surface area contributed by atoms with Crippen LogP contribution in [0.5, 0.6) is 0 Å². The number of benzene rings is 1. The standard InChI is InChI=1S/C13H15N3O2S/c1-13(4-5-18-7-13)16-11(17)8-2-3-9-10(6-8)19-12(14)15-9/h2-3,6H,4-5,7H2,1H3,(H2,14,15)(H,16,17). The number of rotatable bonds is 2. The van der Waals surface area contributed by atoms with Gasteiger partial charge in [-0.3, -0.25) is 4.79 Å². The molecule has 100 valence electrons. The van der Waals surface area contributed by atoms with Crippen molar-refractivity contribution in [1.29, 1.82) is 0 Å². The Labute approximate surface area is 114 Å². The minimum atomic E-state index is -0.265. The molecule has 1 atom stereocenters. The van der Waals surface area contributed by atoms with E-state index in [1.165, 1.54) is 11.3 Å². The van der Waals surface area contributed by atoms with E-state index in [1.807, 2.05) is 19.1 Å². The van der Waals surface area contributed by atoms with Gasteiger partial charge in [0, 0.05) is 12.2 Å². The second kappa shape index (κ2) is 4.47. The highest BCUT2D eigenvalue weighted by molar-refractivity contribution is 7.22. The van der Waals surface area contributed by atoms with Gasteiger partial charge in [0.25, 0.3) is 5.91 Å². The summed E-state index contributed by atoms with van der Waals surface area (Å²) in [5, 5.41) is 3.55. The van der Waals surface area contributed by atoms with Gasteiger partial charge < -0.3 is 15.8 Å². The van der Waals surface area contributed by atoms with Crippen LogP contribution >= 0.6 is 11.3 Å². The molecule has 1 amide bonds. The quantitative estimate of drug-likeness (QED) is 0.877. The molecule has 1 aromatic heterocycles. The fraction of sp³-hybridized carbons (Fsp3) is 0.385. The summed E-state index contributed by atoms with van der Waals surface area (Å²) in [7, 11) is 0. The second-order valence-corrected chi connectivity index (χ2v) is 6.11. The summed E-state index contributed by atoms with van der Waals surface area (Å²) >= 11 is 1.39. The maximum atomic E-state index is 12.2. The van der Waals surface area contributed by atoms with Gasteiger partial charge in [-0.05, 0) is 31.5 Å². The molecular formula is C13H15N3O2S. The van der Waals surface area contributed by atoms with Crippen LogP contribution in [0.4, 0.5) is 5.13 Å². The number of thiazole rings is 1. The molecule has 0 spiro atoms. The van der Waals surface area contributed by atoms with Crippen molar-refractivity contribution in [3.63, 3.8) is 0 Å². The summed E-state index contributed by atoms with van der Waals surface area (Å²) in [6.07, 6.45) is 0.842. The number of nitrogen functional groups attached to an aromatic ring is 1. The number of fused-ring (bicyclic) bond motifs is 1. The van der Waals surface area contributed by atoms with Crippen molar-refractivity contribution in [2.45, 2.75) is 18.9 Å². The summed E-state index contributed by atoms with van der Waals surface area (Å²) < 4.78 is 6.26. The molecule has 0 radical (unpaired) electrons. The molecule has 0 saturated carbocycles. The minimum absolute atomic E-state index is 0.0816. The Hall–Kier alpha value is -1.66. The summed E-state index contributed by atoms with van der Waals surface area (Å²) in [6.45, 7) is 3.26. The number of anilines is 1. The van der Waals surface area contributed by atoms with Crippen LogP contribution in [0.2, 0.25) is 0 Å². The highest BCUT2D eigenvalue weighted by Crippen LogP contribution is 2.25. The van der Waals surface area contributed by atoms with Crippen LogP contribution in [0.1, 0.15) is 23.7 Å². The van der Waals surface area contributed by atoms with Gasteiger partial charge in [-0.1, -0.05) is 11.3 Å². The first-order valence-electron chi connectivity index (χ1n) is 6.12. The van der Waals surface area contributed by atoms with Crippen LogP contribution in [0, 0.1) is 0 Å². The van der Waals surface area contributed by atoms with Crippen LogP contribution in [-0.4, -0.2) is 29.6 Å². The average Bonchev–Trinajstić information content (AvgIpc) is 2.93. The summed E-state index contributed by atoms with van der Waals surface area (Å²) in [5.41, 5.74) is 6.85. The molecule has 0 aliphatic carbocycles. The van der Waals surface area contributed by atoms with Crippen molar-refractivity contribution < 1.29 is 9.53 Å². The zero-order chi connectivity index (χ0) is 13.5. The minimum Gasteiger partial charge on any atom is -0.379 e. The SMILES string of the molecule is CC1(NC(=O)c2ccc3nc(N)sc3c2)CCOC1. The molecule has 3 N–H and O–H groups in total. The topological polar surface area (TPSA) is 77.2 Å². The molecule has 2 heterocycles. The van der Waals surface area contributed by atoms with E-state index in [2.05, 4.69) is 10.3 Å². The van der Waals surface area contributed by atoms with Crippen molar-refractivity contribution >= 4 is 32.6 Å². The lowest BCUT2D eigenvalue weighted by atomic mass is 10.0. The van der Waals surface area contributed by atoms with Crippen molar-refractivity contribution in [2.75, 3.05) is 18.9 Å². The average molecular weight is 277 g/mol. The van der Waals surface area contributed by atoms with Crippen LogP contribution in [0.15, 0.2) is 18.2 Å². The van der Waals surface area contributed by atoms with Crippen LogP contribution in [0.3, 0.4) is 0 Å². The fourth-order valence-electron chi connectivity index (χ4n) is 2.20. The molecule has 6 heteroatoms. The van der Waals surface area contributed by atoms with Crippen LogP contribution in [-0.2, 0) is 4.74 Å². The molecular weight excluding hydrogens is 262 g/mol. The summed E-state index contributed by atoms with van der Waals surface area (Å²) in [6, 6.07) is 5.43. The number of carbonyl (C=O) groups excluding carboxylic acids is 1. The number of aromatic nitrogens is 1. The summed E-state index contributed by atoms with van der Waals surface area (Å²) in [4.78, 5) is 16.4. The fourth-order valence-corrected chi connectivity index (χ4v) is 2.97. The Balaban J connectivity index is 1.84. The zero-order valence-electron chi connectivity index (χ0n) is 10.6. The number of nitrogens with two attached hydrogens (primary N) is 1. The van der Waals surface area contributed by atoms with Gasteiger partial charge in [0.05, 0.1) is 22.4 Å². The van der Waals surface area contributed by atoms with Gasteiger partial charge in [-0.15, -0.1) is 0 Å². The third-order valence-corrected chi connectivity index (χ3v) is 4.15. The van der Waals surface area contributed by atoms with Crippen molar-refractivity contribution in [3.8, 4) is 0 Å². The van der Waals surface area contributed by atoms with E-state index in [9.17, 15) is 4.79 Å². The van der Waals surface area contributed by atoms with E-state index in [1.54, 1.807) is 6.07 Å². The van der Waals surface area contributed by atoms with Gasteiger partial charge in [0.1, 0.15) is 0 Å². The number of hydrogen-bond donors (Lipinski definition) is 2. The first kappa shape index (κ1) is 12.4. The predicted molar refractivity (Wildman–Crippen MR) is 75.3 cm³/mol. The number of nitrogens with one attached hydrogen (secondary N) is 1. The number of amides is 1. The van der Waals surface area contributed by atoms with Crippen molar-refractivity contribution in [3.05, 3.63) is 23.8 Å². The van der Waals surface area contributed by atoms with Gasteiger partial charge in [0.2, 0.25) is 0 Å². The number of carbonyl (C=O) groups is 1. The van der Waals surface area contributed by atoms with Gasteiger partial charge in [-0.2, -0.15) is 0 Å². The zero-order valence-corrected chi connectivity index (χ0v) is 11.4. The molecule has 1 aliphatic rings. The largest absolute Gasteiger partial charge is 0.379 e. The molecule has 2 aromatic rings. The van der Waals surface area contributed by atoms with E-state index in [4.69, 9.17) is 10.5 Å². The molecule has 1 aliphatic heterocycles. The third kappa shape index (κ3) is 2.41. The highest BCUT2D eigenvalue weighted by Gasteiger charge is 2.31.